The molecule has 1 N–H and O–H groups in total. The van der Waals surface area contributed by atoms with Crippen molar-refractivity contribution in [3.63, 3.8) is 0 Å². The van der Waals surface area contributed by atoms with E-state index < -0.39 is 0 Å². The zero-order chi connectivity index (χ0) is 15.3. The maximum absolute atomic E-state index is 5.46. The Bertz CT molecular complexity index is 290. The molecule has 1 aliphatic rings. The highest BCUT2D eigenvalue weighted by atomic mass is 32.2. The molecule has 0 radical (unpaired) electrons. The highest BCUT2D eigenvalue weighted by molar-refractivity contribution is 8.00. The predicted octanol–water partition coefficient (Wildman–Crippen LogP) is 1.83. The second kappa shape index (κ2) is 12.1. The summed E-state index contributed by atoms with van der Waals surface area (Å²) >= 11 is 2.09. The van der Waals surface area contributed by atoms with Crippen LogP contribution in [0.25, 0.3) is 0 Å². The maximum Gasteiger partial charge on any atom is 0.193 e. The first-order valence-electron chi connectivity index (χ1n) is 7.95. The summed E-state index contributed by atoms with van der Waals surface area (Å²) in [5, 5.41) is 4.21. The zero-order valence-corrected chi connectivity index (χ0v) is 14.6. The van der Waals surface area contributed by atoms with Crippen molar-refractivity contribution < 1.29 is 9.47 Å². The van der Waals surface area contributed by atoms with Crippen molar-refractivity contribution in [1.82, 2.24) is 10.2 Å². The second-order valence-corrected chi connectivity index (χ2v) is 6.54. The van der Waals surface area contributed by atoms with Gasteiger partial charge in [0.2, 0.25) is 0 Å². The van der Waals surface area contributed by atoms with Crippen molar-refractivity contribution in [3.05, 3.63) is 0 Å². The smallest absolute Gasteiger partial charge is 0.193 e. The average molecular weight is 317 g/mol. The van der Waals surface area contributed by atoms with Crippen LogP contribution in [0.15, 0.2) is 4.99 Å². The predicted molar refractivity (Wildman–Crippen MR) is 91.4 cm³/mol. The standard InChI is InChI=1S/C15H31N3O2S/c1-4-14-13-18(8-12-21-14)15(16-2)17-7-5-6-9-20-11-10-19-3/h14H,4-13H2,1-3H3,(H,16,17). The summed E-state index contributed by atoms with van der Waals surface area (Å²) in [5.74, 6) is 2.25. The number of methoxy groups -OCH3 is 1. The fourth-order valence-electron chi connectivity index (χ4n) is 2.26. The fraction of sp³-hybridized carbons (Fsp3) is 0.933. The van der Waals surface area contributed by atoms with Gasteiger partial charge in [-0.05, 0) is 19.3 Å². The summed E-state index contributed by atoms with van der Waals surface area (Å²) in [5.41, 5.74) is 0. The van der Waals surface area contributed by atoms with E-state index in [0.29, 0.717) is 13.2 Å². The lowest BCUT2D eigenvalue weighted by molar-refractivity contribution is 0.0689. The number of nitrogens with one attached hydrogen (secondary N) is 1. The number of ether oxygens (including phenoxy) is 2. The minimum absolute atomic E-state index is 0.677. The average Bonchev–Trinajstić information content (AvgIpc) is 2.53. The van der Waals surface area contributed by atoms with Crippen molar-refractivity contribution in [1.29, 1.82) is 0 Å². The highest BCUT2D eigenvalue weighted by Gasteiger charge is 2.21. The third kappa shape index (κ3) is 7.93. The van der Waals surface area contributed by atoms with Gasteiger partial charge in [0.15, 0.2) is 5.96 Å². The number of hydrogen-bond acceptors (Lipinski definition) is 4. The van der Waals surface area contributed by atoms with Gasteiger partial charge in [-0.1, -0.05) is 6.92 Å². The zero-order valence-electron chi connectivity index (χ0n) is 13.8. The number of aliphatic imine (C=N–C) groups is 1. The van der Waals surface area contributed by atoms with E-state index >= 15 is 0 Å². The Balaban J connectivity index is 2.11. The monoisotopic (exact) mass is 317 g/mol. The molecule has 0 aromatic heterocycles. The van der Waals surface area contributed by atoms with E-state index in [1.165, 1.54) is 12.2 Å². The quantitative estimate of drug-likeness (QED) is 0.399. The van der Waals surface area contributed by atoms with Crippen molar-refractivity contribution in [2.24, 2.45) is 4.99 Å². The lowest BCUT2D eigenvalue weighted by atomic mass is 10.3. The molecular weight excluding hydrogens is 286 g/mol. The molecule has 0 aromatic rings. The van der Waals surface area contributed by atoms with Gasteiger partial charge in [-0.2, -0.15) is 11.8 Å². The van der Waals surface area contributed by atoms with Crippen molar-refractivity contribution in [2.45, 2.75) is 31.4 Å². The normalized spacial score (nSPS) is 19.9. The molecule has 1 saturated heterocycles. The summed E-state index contributed by atoms with van der Waals surface area (Å²) in [6, 6.07) is 0. The Kier molecular flexibility index (Phi) is 10.7. The Morgan fingerprint density at radius 3 is 2.90 bits per heavy atom. The van der Waals surface area contributed by atoms with Gasteiger partial charge < -0.3 is 19.7 Å². The van der Waals surface area contributed by atoms with Crippen molar-refractivity contribution in [3.8, 4) is 0 Å². The topological polar surface area (TPSA) is 46.1 Å². The summed E-state index contributed by atoms with van der Waals surface area (Å²) in [4.78, 5) is 6.80. The van der Waals surface area contributed by atoms with E-state index in [4.69, 9.17) is 9.47 Å². The minimum atomic E-state index is 0.677. The fourth-order valence-corrected chi connectivity index (χ4v) is 3.44. The number of guanidine groups is 1. The SMILES string of the molecule is CCC1CN(C(=NC)NCCCCOCCOC)CCS1. The van der Waals surface area contributed by atoms with Crippen LogP contribution in [0.4, 0.5) is 0 Å². The largest absolute Gasteiger partial charge is 0.382 e. The van der Waals surface area contributed by atoms with Gasteiger partial charge in [0, 0.05) is 51.4 Å². The summed E-state index contributed by atoms with van der Waals surface area (Å²) in [7, 11) is 3.57. The van der Waals surface area contributed by atoms with Gasteiger partial charge in [-0.25, -0.2) is 0 Å². The number of unbranched alkanes of at least 4 members (excludes halogenated alkanes) is 1. The molecule has 1 unspecified atom stereocenters. The molecule has 0 spiro atoms. The van der Waals surface area contributed by atoms with Crippen LogP contribution in [-0.4, -0.2) is 75.5 Å². The molecule has 0 aliphatic carbocycles. The van der Waals surface area contributed by atoms with Crippen LogP contribution in [-0.2, 0) is 9.47 Å². The number of thioether (sulfide) groups is 1. The molecule has 6 heteroatoms. The highest BCUT2D eigenvalue weighted by Crippen LogP contribution is 2.20. The number of hydrogen-bond donors (Lipinski definition) is 1. The van der Waals surface area contributed by atoms with Gasteiger partial charge >= 0.3 is 0 Å². The number of nitrogens with zero attached hydrogens (tertiary/aromatic N) is 2. The Morgan fingerprint density at radius 1 is 1.33 bits per heavy atom. The third-order valence-corrected chi connectivity index (χ3v) is 4.91. The summed E-state index contributed by atoms with van der Waals surface area (Å²) in [6.07, 6.45) is 3.41. The van der Waals surface area contributed by atoms with Crippen LogP contribution in [0.5, 0.6) is 0 Å². The van der Waals surface area contributed by atoms with Gasteiger partial charge in [0.25, 0.3) is 0 Å². The van der Waals surface area contributed by atoms with E-state index in [2.05, 4.69) is 33.9 Å². The lowest BCUT2D eigenvalue weighted by Crippen LogP contribution is -2.48. The molecule has 0 saturated carbocycles. The van der Waals surface area contributed by atoms with Crippen molar-refractivity contribution >= 4 is 17.7 Å². The van der Waals surface area contributed by atoms with Crippen LogP contribution in [0.1, 0.15) is 26.2 Å². The Hall–Kier alpha value is -0.460. The van der Waals surface area contributed by atoms with Crippen LogP contribution in [0, 0.1) is 0 Å². The molecule has 1 aliphatic heterocycles. The van der Waals surface area contributed by atoms with Gasteiger partial charge in [0.05, 0.1) is 13.2 Å². The van der Waals surface area contributed by atoms with E-state index in [1.54, 1.807) is 7.11 Å². The lowest BCUT2D eigenvalue weighted by Gasteiger charge is -2.34. The van der Waals surface area contributed by atoms with E-state index in [9.17, 15) is 0 Å². The molecule has 1 heterocycles. The summed E-state index contributed by atoms with van der Waals surface area (Å²) < 4.78 is 10.4. The van der Waals surface area contributed by atoms with Crippen LogP contribution in [0.3, 0.4) is 0 Å². The Labute approximate surface area is 133 Å². The molecule has 5 nitrogen and oxygen atoms in total. The molecule has 124 valence electrons. The van der Waals surface area contributed by atoms with E-state index in [-0.39, 0.29) is 0 Å². The third-order valence-electron chi connectivity index (χ3n) is 3.54. The first-order valence-corrected chi connectivity index (χ1v) is 9.00. The van der Waals surface area contributed by atoms with Gasteiger partial charge in [0.1, 0.15) is 0 Å². The molecule has 1 fully saturated rings. The first-order chi connectivity index (χ1) is 10.3. The molecule has 21 heavy (non-hydrogen) atoms. The molecule has 1 rings (SSSR count). The van der Waals surface area contributed by atoms with Crippen LogP contribution < -0.4 is 5.32 Å². The molecule has 0 aromatic carbocycles. The molecule has 0 bridgehead atoms. The second-order valence-electron chi connectivity index (χ2n) is 5.13. The van der Waals surface area contributed by atoms with E-state index in [0.717, 1.165) is 50.3 Å². The van der Waals surface area contributed by atoms with Crippen LogP contribution >= 0.6 is 11.8 Å². The van der Waals surface area contributed by atoms with Gasteiger partial charge in [-0.15, -0.1) is 0 Å². The van der Waals surface area contributed by atoms with E-state index in [1.807, 2.05) is 7.05 Å². The van der Waals surface area contributed by atoms with Gasteiger partial charge in [-0.3, -0.25) is 4.99 Å². The maximum atomic E-state index is 5.46. The summed E-state index contributed by atoms with van der Waals surface area (Å²) in [6.45, 7) is 7.61. The molecule has 0 amide bonds. The van der Waals surface area contributed by atoms with Crippen molar-refractivity contribution in [2.75, 3.05) is 59.4 Å². The first kappa shape index (κ1) is 18.6. The number of rotatable bonds is 9. The molecular formula is C15H31N3O2S. The van der Waals surface area contributed by atoms with Crippen LogP contribution in [0.2, 0.25) is 0 Å². The molecule has 1 atom stereocenters. The minimum Gasteiger partial charge on any atom is -0.382 e. The Morgan fingerprint density at radius 2 is 2.19 bits per heavy atom.